The first-order chi connectivity index (χ1) is 15.8. The highest BCUT2D eigenvalue weighted by Crippen LogP contribution is 2.23. The molecule has 6 nitrogen and oxygen atoms in total. The molecule has 0 aliphatic rings. The molecule has 0 aliphatic carbocycles. The van der Waals surface area contributed by atoms with Gasteiger partial charge >= 0.3 is 0 Å². The van der Waals surface area contributed by atoms with Crippen LogP contribution in [0.15, 0.2) is 83.8 Å². The van der Waals surface area contributed by atoms with Crippen molar-refractivity contribution in [3.8, 4) is 16.9 Å². The molecule has 0 spiro atoms. The molecule has 0 bridgehead atoms. The lowest BCUT2D eigenvalue weighted by molar-refractivity contribution is -0.122. The summed E-state index contributed by atoms with van der Waals surface area (Å²) in [6.07, 6.45) is 0.501. The number of amides is 1. The number of benzene rings is 3. The molecular formula is C26H30N2O4S. The first kappa shape index (κ1) is 24.5. The smallest absolute Gasteiger partial charge is 0.265 e. The van der Waals surface area contributed by atoms with E-state index in [1.807, 2.05) is 75.4 Å². The van der Waals surface area contributed by atoms with Gasteiger partial charge in [0, 0.05) is 11.7 Å². The molecule has 3 aromatic rings. The van der Waals surface area contributed by atoms with Crippen LogP contribution in [0, 0.1) is 0 Å². The van der Waals surface area contributed by atoms with E-state index < -0.39 is 16.1 Å². The summed E-state index contributed by atoms with van der Waals surface area (Å²) in [6, 6.07) is 23.6. The van der Waals surface area contributed by atoms with Crippen LogP contribution in [0.3, 0.4) is 0 Å². The van der Waals surface area contributed by atoms with Gasteiger partial charge in [0.25, 0.3) is 5.91 Å². The highest BCUT2D eigenvalue weighted by molar-refractivity contribution is 7.89. The van der Waals surface area contributed by atoms with Crippen molar-refractivity contribution in [1.29, 1.82) is 0 Å². The van der Waals surface area contributed by atoms with Crippen molar-refractivity contribution in [2.75, 3.05) is 5.32 Å². The second kappa shape index (κ2) is 11.1. The number of carbonyl (C=O) groups is 1. The Morgan fingerprint density at radius 3 is 2.03 bits per heavy atom. The number of sulfonamides is 1. The van der Waals surface area contributed by atoms with Crippen LogP contribution in [-0.4, -0.2) is 26.5 Å². The fourth-order valence-corrected chi connectivity index (χ4v) is 4.53. The summed E-state index contributed by atoms with van der Waals surface area (Å²) >= 11 is 0. The lowest BCUT2D eigenvalue weighted by atomic mass is 10.1. The molecule has 0 fully saturated rings. The van der Waals surface area contributed by atoms with Gasteiger partial charge in [0.05, 0.1) is 4.90 Å². The topological polar surface area (TPSA) is 84.5 Å². The van der Waals surface area contributed by atoms with Gasteiger partial charge in [-0.15, -0.1) is 0 Å². The van der Waals surface area contributed by atoms with E-state index in [-0.39, 0.29) is 16.8 Å². The van der Waals surface area contributed by atoms with Crippen molar-refractivity contribution >= 4 is 21.6 Å². The third kappa shape index (κ3) is 6.66. The quantitative estimate of drug-likeness (QED) is 0.429. The van der Waals surface area contributed by atoms with E-state index in [9.17, 15) is 13.2 Å². The van der Waals surface area contributed by atoms with Gasteiger partial charge in [-0.25, -0.2) is 13.1 Å². The molecule has 0 aromatic heterocycles. The predicted molar refractivity (Wildman–Crippen MR) is 132 cm³/mol. The molecule has 0 saturated carbocycles. The number of ether oxygens (including phenoxy) is 1. The molecule has 3 aromatic carbocycles. The van der Waals surface area contributed by atoms with Gasteiger partial charge in [0.1, 0.15) is 5.75 Å². The molecule has 0 heterocycles. The molecule has 1 amide bonds. The fraction of sp³-hybridized carbons (Fsp3) is 0.269. The van der Waals surface area contributed by atoms with Gasteiger partial charge in [-0.3, -0.25) is 4.79 Å². The molecule has 7 heteroatoms. The Hall–Kier alpha value is -3.16. The monoisotopic (exact) mass is 466 g/mol. The molecule has 2 atom stereocenters. The normalized spacial score (nSPS) is 13.2. The highest BCUT2D eigenvalue weighted by Gasteiger charge is 2.20. The van der Waals surface area contributed by atoms with Crippen LogP contribution in [0.2, 0.25) is 0 Å². The van der Waals surface area contributed by atoms with Crippen LogP contribution in [0.1, 0.15) is 33.6 Å². The van der Waals surface area contributed by atoms with Crippen molar-refractivity contribution in [3.63, 3.8) is 0 Å². The zero-order chi connectivity index (χ0) is 23.8. The minimum atomic E-state index is -3.59. The fourth-order valence-electron chi connectivity index (χ4n) is 3.20. The van der Waals surface area contributed by atoms with Crippen LogP contribution in [0.25, 0.3) is 11.1 Å². The average Bonchev–Trinajstić information content (AvgIpc) is 2.83. The summed E-state index contributed by atoms with van der Waals surface area (Å²) < 4.78 is 33.3. The second-order valence-corrected chi connectivity index (χ2v) is 9.56. The molecule has 33 heavy (non-hydrogen) atoms. The minimum absolute atomic E-state index is 0.154. The molecule has 2 unspecified atom stereocenters. The Bertz CT molecular complexity index is 1150. The van der Waals surface area contributed by atoms with Crippen LogP contribution in [0.5, 0.6) is 5.75 Å². The van der Waals surface area contributed by atoms with E-state index in [1.165, 1.54) is 12.1 Å². The van der Waals surface area contributed by atoms with Gasteiger partial charge < -0.3 is 10.1 Å². The highest BCUT2D eigenvalue weighted by atomic mass is 32.2. The maximum atomic E-state index is 12.7. The van der Waals surface area contributed by atoms with Crippen LogP contribution < -0.4 is 14.8 Å². The molecule has 174 valence electrons. The van der Waals surface area contributed by atoms with Gasteiger partial charge in [0.2, 0.25) is 10.0 Å². The Morgan fingerprint density at radius 2 is 1.45 bits per heavy atom. The van der Waals surface area contributed by atoms with Crippen molar-refractivity contribution in [1.82, 2.24) is 4.72 Å². The van der Waals surface area contributed by atoms with E-state index in [2.05, 4.69) is 10.0 Å². The van der Waals surface area contributed by atoms with Gasteiger partial charge in [-0.2, -0.15) is 0 Å². The number of nitrogens with one attached hydrogen (secondary N) is 2. The molecule has 0 aliphatic heterocycles. The third-order valence-corrected chi connectivity index (χ3v) is 6.91. The standard InChI is InChI=1S/C26H30N2O4S/c1-4-19(3)28-33(30,31)24-17-13-22(14-18-24)27-26(29)25(5-2)32-23-15-11-21(12-16-23)20-9-7-6-8-10-20/h6-19,25,28H,4-5H2,1-3H3,(H,27,29). The van der Waals surface area contributed by atoms with Crippen LogP contribution in [0.4, 0.5) is 5.69 Å². The van der Waals surface area contributed by atoms with Crippen LogP contribution >= 0.6 is 0 Å². The summed E-state index contributed by atoms with van der Waals surface area (Å²) in [5.74, 6) is 0.312. The number of hydrogen-bond acceptors (Lipinski definition) is 4. The number of anilines is 1. The Labute approximate surface area is 196 Å². The Balaban J connectivity index is 1.63. The summed E-state index contributed by atoms with van der Waals surface area (Å²) in [4.78, 5) is 12.9. The molecule has 2 N–H and O–H groups in total. The average molecular weight is 467 g/mol. The van der Waals surface area contributed by atoms with Crippen LogP contribution in [-0.2, 0) is 14.8 Å². The lowest BCUT2D eigenvalue weighted by Crippen LogP contribution is -2.32. The van der Waals surface area contributed by atoms with Gasteiger partial charge in [-0.05, 0) is 67.3 Å². The van der Waals surface area contributed by atoms with E-state index in [1.54, 1.807) is 12.1 Å². The van der Waals surface area contributed by atoms with E-state index >= 15 is 0 Å². The van der Waals surface area contributed by atoms with Crippen molar-refractivity contribution in [3.05, 3.63) is 78.9 Å². The first-order valence-corrected chi connectivity index (χ1v) is 12.6. The molecule has 0 saturated heterocycles. The number of rotatable bonds is 10. The summed E-state index contributed by atoms with van der Waals surface area (Å²) in [5, 5.41) is 2.80. The van der Waals surface area contributed by atoms with Crippen molar-refractivity contribution in [2.24, 2.45) is 0 Å². The lowest BCUT2D eigenvalue weighted by Gasteiger charge is -2.18. The number of carbonyl (C=O) groups excluding carboxylic acids is 1. The molecular weight excluding hydrogens is 436 g/mol. The Kier molecular flexibility index (Phi) is 8.25. The Morgan fingerprint density at radius 1 is 0.848 bits per heavy atom. The van der Waals surface area contributed by atoms with Gasteiger partial charge in [-0.1, -0.05) is 56.3 Å². The SMILES string of the molecule is CCC(C)NS(=O)(=O)c1ccc(NC(=O)C(CC)Oc2ccc(-c3ccccc3)cc2)cc1. The zero-order valence-electron chi connectivity index (χ0n) is 19.1. The third-order valence-electron chi connectivity index (χ3n) is 5.30. The predicted octanol–water partition coefficient (Wildman–Crippen LogP) is 5.23. The van der Waals surface area contributed by atoms with Crippen molar-refractivity contribution in [2.45, 2.75) is 50.7 Å². The summed E-state index contributed by atoms with van der Waals surface area (Å²) in [5.41, 5.74) is 2.68. The zero-order valence-corrected chi connectivity index (χ0v) is 19.9. The second-order valence-electron chi connectivity index (χ2n) is 7.85. The van der Waals surface area contributed by atoms with Gasteiger partial charge in [0.15, 0.2) is 6.10 Å². The van der Waals surface area contributed by atoms with E-state index in [0.29, 0.717) is 24.3 Å². The maximum absolute atomic E-state index is 12.7. The summed E-state index contributed by atoms with van der Waals surface area (Å²) in [6.45, 7) is 5.60. The first-order valence-electron chi connectivity index (χ1n) is 11.1. The van der Waals surface area contributed by atoms with Crippen molar-refractivity contribution < 1.29 is 17.9 Å². The largest absolute Gasteiger partial charge is 0.481 e. The maximum Gasteiger partial charge on any atom is 0.265 e. The minimum Gasteiger partial charge on any atom is -0.481 e. The number of hydrogen-bond donors (Lipinski definition) is 2. The van der Waals surface area contributed by atoms with E-state index in [0.717, 1.165) is 11.1 Å². The molecule has 0 radical (unpaired) electrons. The van der Waals surface area contributed by atoms with E-state index in [4.69, 9.17) is 4.74 Å². The molecule has 3 rings (SSSR count). The summed E-state index contributed by atoms with van der Waals surface area (Å²) in [7, 11) is -3.59.